The number of amides is 2. The van der Waals surface area contributed by atoms with Gasteiger partial charge < -0.3 is 15.7 Å². The Morgan fingerprint density at radius 1 is 1.30 bits per heavy atom. The molecule has 4 nitrogen and oxygen atoms in total. The van der Waals surface area contributed by atoms with Crippen LogP contribution in [0.4, 0.5) is 10.5 Å². The largest absolute Gasteiger partial charge is 0.396 e. The van der Waals surface area contributed by atoms with Crippen molar-refractivity contribution in [3.05, 3.63) is 28.8 Å². The minimum Gasteiger partial charge on any atom is -0.396 e. The summed E-state index contributed by atoms with van der Waals surface area (Å²) in [5.41, 5.74) is 4.16. The van der Waals surface area contributed by atoms with Gasteiger partial charge in [0.15, 0.2) is 0 Å². The van der Waals surface area contributed by atoms with Gasteiger partial charge in [-0.15, -0.1) is 0 Å². The van der Waals surface area contributed by atoms with Crippen LogP contribution in [0.2, 0.25) is 0 Å². The average molecular weight is 296 g/mol. The summed E-state index contributed by atoms with van der Waals surface area (Å²) in [6.45, 7) is 6.10. The number of nitrogens with one attached hydrogen (secondary N) is 2. The van der Waals surface area contributed by atoms with Crippen LogP contribution >= 0.6 is 11.8 Å². The maximum atomic E-state index is 12.0. The van der Waals surface area contributed by atoms with Crippen LogP contribution in [0.25, 0.3) is 0 Å². The summed E-state index contributed by atoms with van der Waals surface area (Å²) in [6.07, 6.45) is 2.55. The zero-order valence-corrected chi connectivity index (χ0v) is 13.4. The highest BCUT2D eigenvalue weighted by Gasteiger charge is 2.13. The third-order valence-corrected chi connectivity index (χ3v) is 3.83. The molecule has 0 bridgehead atoms. The highest BCUT2D eigenvalue weighted by molar-refractivity contribution is 7.98. The van der Waals surface area contributed by atoms with E-state index in [4.69, 9.17) is 5.11 Å². The second-order valence-corrected chi connectivity index (χ2v) is 5.95. The molecule has 1 rings (SSSR count). The summed E-state index contributed by atoms with van der Waals surface area (Å²) in [7, 11) is 0. The van der Waals surface area contributed by atoms with Gasteiger partial charge in [-0.1, -0.05) is 17.7 Å². The molecule has 0 heterocycles. The Kier molecular flexibility index (Phi) is 6.88. The van der Waals surface area contributed by atoms with Crippen molar-refractivity contribution in [2.75, 3.05) is 23.9 Å². The fourth-order valence-corrected chi connectivity index (χ4v) is 2.92. The average Bonchev–Trinajstić information content (AvgIpc) is 2.34. The first-order valence-electron chi connectivity index (χ1n) is 6.73. The Hall–Kier alpha value is -1.20. The lowest BCUT2D eigenvalue weighted by Gasteiger charge is -2.19. The molecule has 1 aromatic carbocycles. The summed E-state index contributed by atoms with van der Waals surface area (Å²) in [4.78, 5) is 12.0. The molecule has 2 amide bonds. The van der Waals surface area contributed by atoms with Crippen molar-refractivity contribution >= 4 is 23.5 Å². The van der Waals surface area contributed by atoms with E-state index in [0.29, 0.717) is 6.42 Å². The zero-order chi connectivity index (χ0) is 15.1. The number of carbonyl (C=O) groups is 1. The predicted molar refractivity (Wildman–Crippen MR) is 86.7 cm³/mol. The van der Waals surface area contributed by atoms with E-state index in [1.807, 2.05) is 27.0 Å². The van der Waals surface area contributed by atoms with Gasteiger partial charge >= 0.3 is 6.03 Å². The molecule has 0 fully saturated rings. The van der Waals surface area contributed by atoms with Crippen molar-refractivity contribution in [3.8, 4) is 0 Å². The molecule has 0 aliphatic rings. The fraction of sp³-hybridized carbons (Fsp3) is 0.533. The van der Waals surface area contributed by atoms with Gasteiger partial charge in [0.1, 0.15) is 0 Å². The van der Waals surface area contributed by atoms with Crippen molar-refractivity contribution in [1.29, 1.82) is 0 Å². The molecule has 5 heteroatoms. The summed E-state index contributed by atoms with van der Waals surface area (Å²) < 4.78 is 0. The number of hydrogen-bond acceptors (Lipinski definition) is 3. The molecule has 0 radical (unpaired) electrons. The van der Waals surface area contributed by atoms with E-state index in [1.54, 1.807) is 11.8 Å². The van der Waals surface area contributed by atoms with Crippen LogP contribution in [0.5, 0.6) is 0 Å². The SMILES string of the molecule is CSCC(CCO)NC(=O)Nc1c(C)cc(C)cc1C. The molecule has 20 heavy (non-hydrogen) atoms. The third kappa shape index (κ3) is 5.06. The molecular weight excluding hydrogens is 272 g/mol. The minimum atomic E-state index is -0.215. The van der Waals surface area contributed by atoms with Crippen LogP contribution in [0, 0.1) is 20.8 Å². The summed E-state index contributed by atoms with van der Waals surface area (Å²) in [5, 5.41) is 14.8. The number of rotatable bonds is 6. The molecule has 1 unspecified atom stereocenters. The van der Waals surface area contributed by atoms with Gasteiger partial charge in [-0.25, -0.2) is 4.79 Å². The molecule has 1 atom stereocenters. The van der Waals surface area contributed by atoms with Gasteiger partial charge in [-0.05, 0) is 44.6 Å². The fourth-order valence-electron chi connectivity index (χ4n) is 2.27. The van der Waals surface area contributed by atoms with Gasteiger partial charge in [-0.3, -0.25) is 0 Å². The van der Waals surface area contributed by atoms with Crippen LogP contribution in [-0.4, -0.2) is 35.8 Å². The number of benzene rings is 1. The maximum absolute atomic E-state index is 12.0. The van der Waals surface area contributed by atoms with E-state index >= 15 is 0 Å². The zero-order valence-electron chi connectivity index (χ0n) is 12.6. The first kappa shape index (κ1) is 16.9. The first-order valence-corrected chi connectivity index (χ1v) is 8.12. The third-order valence-electron chi connectivity index (χ3n) is 3.10. The first-order chi connectivity index (χ1) is 9.47. The Balaban J connectivity index is 2.70. The van der Waals surface area contributed by atoms with E-state index in [9.17, 15) is 4.79 Å². The number of anilines is 1. The minimum absolute atomic E-state index is 0.0129. The molecule has 0 saturated heterocycles. The maximum Gasteiger partial charge on any atom is 0.319 e. The number of urea groups is 1. The number of aliphatic hydroxyl groups is 1. The molecule has 0 saturated carbocycles. The Morgan fingerprint density at radius 2 is 1.90 bits per heavy atom. The summed E-state index contributed by atoms with van der Waals surface area (Å²) in [5.74, 6) is 0.792. The molecule has 0 spiro atoms. The Labute approximate surface area is 125 Å². The van der Waals surface area contributed by atoms with E-state index < -0.39 is 0 Å². The molecule has 0 aliphatic heterocycles. The smallest absolute Gasteiger partial charge is 0.319 e. The molecule has 0 aromatic heterocycles. The van der Waals surface area contributed by atoms with Crippen molar-refractivity contribution < 1.29 is 9.90 Å². The van der Waals surface area contributed by atoms with Gasteiger partial charge in [0.25, 0.3) is 0 Å². The van der Waals surface area contributed by atoms with Crippen molar-refractivity contribution in [3.63, 3.8) is 0 Å². The van der Waals surface area contributed by atoms with Crippen molar-refractivity contribution in [1.82, 2.24) is 5.32 Å². The Bertz CT molecular complexity index is 434. The number of aliphatic hydroxyl groups excluding tert-OH is 1. The van der Waals surface area contributed by atoms with E-state index in [0.717, 1.165) is 22.6 Å². The summed E-state index contributed by atoms with van der Waals surface area (Å²) >= 11 is 1.65. The standard InChI is InChI=1S/C15H24N2O2S/c1-10-7-11(2)14(12(3)8-10)17-15(19)16-13(5-6-18)9-20-4/h7-8,13,18H,5-6,9H2,1-4H3,(H2,16,17,19). The topological polar surface area (TPSA) is 61.4 Å². The molecule has 1 aromatic rings. The van der Waals surface area contributed by atoms with Crippen LogP contribution in [0.1, 0.15) is 23.1 Å². The number of carbonyl (C=O) groups excluding carboxylic acids is 1. The van der Waals surface area contributed by atoms with Crippen molar-refractivity contribution in [2.45, 2.75) is 33.2 Å². The second-order valence-electron chi connectivity index (χ2n) is 5.04. The van der Waals surface area contributed by atoms with Crippen molar-refractivity contribution in [2.24, 2.45) is 0 Å². The van der Waals surface area contributed by atoms with Gasteiger partial charge in [0.05, 0.1) is 0 Å². The quantitative estimate of drug-likeness (QED) is 0.756. The number of thioether (sulfide) groups is 1. The molecular formula is C15H24N2O2S. The number of aryl methyl sites for hydroxylation is 3. The number of hydrogen-bond donors (Lipinski definition) is 3. The Morgan fingerprint density at radius 3 is 2.40 bits per heavy atom. The van der Waals surface area contributed by atoms with E-state index in [-0.39, 0.29) is 18.7 Å². The van der Waals surface area contributed by atoms with Crippen LogP contribution in [0.3, 0.4) is 0 Å². The van der Waals surface area contributed by atoms with Crippen LogP contribution in [0.15, 0.2) is 12.1 Å². The normalized spacial score (nSPS) is 12.1. The predicted octanol–water partition coefficient (Wildman–Crippen LogP) is 2.85. The lowest BCUT2D eigenvalue weighted by Crippen LogP contribution is -2.40. The van der Waals surface area contributed by atoms with E-state index in [2.05, 4.69) is 22.8 Å². The molecule has 3 N–H and O–H groups in total. The monoisotopic (exact) mass is 296 g/mol. The van der Waals surface area contributed by atoms with Gasteiger partial charge in [0, 0.05) is 24.1 Å². The lowest BCUT2D eigenvalue weighted by atomic mass is 10.1. The highest BCUT2D eigenvalue weighted by atomic mass is 32.2. The van der Waals surface area contributed by atoms with Gasteiger partial charge in [0.2, 0.25) is 0 Å². The van der Waals surface area contributed by atoms with Gasteiger partial charge in [-0.2, -0.15) is 11.8 Å². The molecule has 0 aliphatic carbocycles. The van der Waals surface area contributed by atoms with Crippen LogP contribution in [-0.2, 0) is 0 Å². The lowest BCUT2D eigenvalue weighted by molar-refractivity contribution is 0.241. The summed E-state index contributed by atoms with van der Waals surface area (Å²) in [6, 6.07) is 3.87. The highest BCUT2D eigenvalue weighted by Crippen LogP contribution is 2.21. The molecule has 112 valence electrons. The van der Waals surface area contributed by atoms with E-state index in [1.165, 1.54) is 5.56 Å². The van der Waals surface area contributed by atoms with Crippen LogP contribution < -0.4 is 10.6 Å². The second kappa shape index (κ2) is 8.17.